The summed E-state index contributed by atoms with van der Waals surface area (Å²) in [5, 5.41) is 3.26. The lowest BCUT2D eigenvalue weighted by Crippen LogP contribution is -2.04. The summed E-state index contributed by atoms with van der Waals surface area (Å²) in [6, 6.07) is 15.9. The van der Waals surface area contributed by atoms with Crippen LogP contribution < -0.4 is 10.1 Å². The Bertz CT molecular complexity index is 683. The van der Waals surface area contributed by atoms with E-state index < -0.39 is 0 Å². The molecule has 3 aromatic rings. The maximum absolute atomic E-state index is 5.67. The van der Waals surface area contributed by atoms with Crippen molar-refractivity contribution in [2.75, 3.05) is 11.9 Å². The Labute approximate surface area is 124 Å². The van der Waals surface area contributed by atoms with Gasteiger partial charge < -0.3 is 15.0 Å². The molecule has 0 atom stereocenters. The summed E-state index contributed by atoms with van der Waals surface area (Å²) in [7, 11) is 0. The van der Waals surface area contributed by atoms with E-state index in [2.05, 4.69) is 29.1 Å². The third-order valence-corrected chi connectivity index (χ3v) is 3.09. The SMILES string of the molecule is CC(C)COc1ccc(Nc2nc3ccccc3[nH]2)cc1. The van der Waals surface area contributed by atoms with Gasteiger partial charge in [-0.25, -0.2) is 4.98 Å². The second-order valence-corrected chi connectivity index (χ2v) is 5.46. The predicted octanol–water partition coefficient (Wildman–Crippen LogP) is 4.34. The van der Waals surface area contributed by atoms with Crippen molar-refractivity contribution in [2.24, 2.45) is 5.92 Å². The number of aromatic amines is 1. The minimum absolute atomic E-state index is 0.526. The number of imidazole rings is 1. The highest BCUT2D eigenvalue weighted by Gasteiger charge is 2.02. The van der Waals surface area contributed by atoms with Gasteiger partial charge in [-0.3, -0.25) is 0 Å². The highest BCUT2D eigenvalue weighted by Crippen LogP contribution is 2.21. The highest BCUT2D eigenvalue weighted by atomic mass is 16.5. The molecule has 2 N–H and O–H groups in total. The molecule has 0 radical (unpaired) electrons. The van der Waals surface area contributed by atoms with Crippen LogP contribution in [0.25, 0.3) is 11.0 Å². The maximum Gasteiger partial charge on any atom is 0.205 e. The Morgan fingerprint density at radius 3 is 2.57 bits per heavy atom. The third kappa shape index (κ3) is 3.34. The quantitative estimate of drug-likeness (QED) is 0.731. The number of benzene rings is 2. The zero-order valence-electron chi connectivity index (χ0n) is 12.3. The van der Waals surface area contributed by atoms with Crippen LogP contribution in [-0.2, 0) is 0 Å². The molecule has 0 spiro atoms. The Morgan fingerprint density at radius 2 is 1.86 bits per heavy atom. The van der Waals surface area contributed by atoms with Crippen LogP contribution in [0.5, 0.6) is 5.75 Å². The van der Waals surface area contributed by atoms with Crippen LogP contribution >= 0.6 is 0 Å². The summed E-state index contributed by atoms with van der Waals surface area (Å²) in [6.45, 7) is 5.01. The molecule has 0 amide bonds. The lowest BCUT2D eigenvalue weighted by atomic mass is 10.2. The van der Waals surface area contributed by atoms with Crippen LogP contribution in [0.1, 0.15) is 13.8 Å². The van der Waals surface area contributed by atoms with E-state index >= 15 is 0 Å². The summed E-state index contributed by atoms with van der Waals surface area (Å²) < 4.78 is 5.67. The highest BCUT2D eigenvalue weighted by molar-refractivity contribution is 5.78. The van der Waals surface area contributed by atoms with E-state index in [9.17, 15) is 0 Å². The molecule has 108 valence electrons. The smallest absolute Gasteiger partial charge is 0.205 e. The molecule has 0 aliphatic heterocycles. The van der Waals surface area contributed by atoms with Crippen molar-refractivity contribution in [1.82, 2.24) is 9.97 Å². The topological polar surface area (TPSA) is 49.9 Å². The van der Waals surface area contributed by atoms with Gasteiger partial charge in [0.2, 0.25) is 5.95 Å². The second-order valence-electron chi connectivity index (χ2n) is 5.46. The van der Waals surface area contributed by atoms with Gasteiger partial charge in [-0.05, 0) is 42.3 Å². The first-order valence-electron chi connectivity index (χ1n) is 7.15. The summed E-state index contributed by atoms with van der Waals surface area (Å²) in [5.41, 5.74) is 2.96. The van der Waals surface area contributed by atoms with Crippen LogP contribution in [0.15, 0.2) is 48.5 Å². The summed E-state index contributed by atoms with van der Waals surface area (Å²) >= 11 is 0. The molecule has 0 saturated carbocycles. The van der Waals surface area contributed by atoms with Crippen LogP contribution in [0, 0.1) is 5.92 Å². The van der Waals surface area contributed by atoms with Gasteiger partial charge in [-0.15, -0.1) is 0 Å². The van der Waals surface area contributed by atoms with Gasteiger partial charge in [0.05, 0.1) is 17.6 Å². The largest absolute Gasteiger partial charge is 0.493 e. The van der Waals surface area contributed by atoms with E-state index in [0.717, 1.165) is 35.0 Å². The van der Waals surface area contributed by atoms with Crippen LogP contribution in [0.4, 0.5) is 11.6 Å². The van der Waals surface area contributed by atoms with Gasteiger partial charge >= 0.3 is 0 Å². The fourth-order valence-corrected chi connectivity index (χ4v) is 2.05. The van der Waals surface area contributed by atoms with Crippen molar-refractivity contribution >= 4 is 22.7 Å². The molecule has 4 heteroatoms. The second kappa shape index (κ2) is 5.87. The van der Waals surface area contributed by atoms with E-state index in [1.165, 1.54) is 0 Å². The van der Waals surface area contributed by atoms with Crippen molar-refractivity contribution in [1.29, 1.82) is 0 Å². The number of anilines is 2. The molecule has 2 aromatic carbocycles. The van der Waals surface area contributed by atoms with Crippen molar-refractivity contribution in [2.45, 2.75) is 13.8 Å². The molecule has 3 rings (SSSR count). The van der Waals surface area contributed by atoms with E-state index in [0.29, 0.717) is 5.92 Å². The maximum atomic E-state index is 5.67. The minimum Gasteiger partial charge on any atom is -0.493 e. The van der Waals surface area contributed by atoms with Gasteiger partial charge in [0, 0.05) is 5.69 Å². The van der Waals surface area contributed by atoms with Crippen molar-refractivity contribution < 1.29 is 4.74 Å². The van der Waals surface area contributed by atoms with Crippen LogP contribution in [0.2, 0.25) is 0 Å². The molecule has 4 nitrogen and oxygen atoms in total. The number of hydrogen-bond acceptors (Lipinski definition) is 3. The van der Waals surface area contributed by atoms with Crippen molar-refractivity contribution in [3.63, 3.8) is 0 Å². The van der Waals surface area contributed by atoms with Crippen molar-refractivity contribution in [3.05, 3.63) is 48.5 Å². The van der Waals surface area contributed by atoms with Gasteiger partial charge in [0.1, 0.15) is 5.75 Å². The minimum atomic E-state index is 0.526. The molecular weight excluding hydrogens is 262 g/mol. The first kappa shape index (κ1) is 13.5. The average molecular weight is 281 g/mol. The Morgan fingerprint density at radius 1 is 1.10 bits per heavy atom. The fourth-order valence-electron chi connectivity index (χ4n) is 2.05. The van der Waals surface area contributed by atoms with E-state index in [1.807, 2.05) is 48.5 Å². The average Bonchev–Trinajstić information content (AvgIpc) is 2.88. The lowest BCUT2D eigenvalue weighted by molar-refractivity contribution is 0.271. The summed E-state index contributed by atoms with van der Waals surface area (Å²) in [6.07, 6.45) is 0. The van der Waals surface area contributed by atoms with Gasteiger partial charge in [-0.2, -0.15) is 0 Å². The summed E-state index contributed by atoms with van der Waals surface area (Å²) in [4.78, 5) is 7.74. The number of rotatable bonds is 5. The number of fused-ring (bicyclic) bond motifs is 1. The number of nitrogens with one attached hydrogen (secondary N) is 2. The molecule has 21 heavy (non-hydrogen) atoms. The molecule has 0 saturated heterocycles. The first-order valence-corrected chi connectivity index (χ1v) is 7.15. The number of nitrogens with zero attached hydrogens (tertiary/aromatic N) is 1. The normalized spacial score (nSPS) is 11.0. The van der Waals surface area contributed by atoms with Gasteiger partial charge in [0.15, 0.2) is 0 Å². The monoisotopic (exact) mass is 281 g/mol. The molecule has 0 aliphatic carbocycles. The Hall–Kier alpha value is -2.49. The zero-order chi connectivity index (χ0) is 14.7. The first-order chi connectivity index (χ1) is 10.2. The Balaban J connectivity index is 1.69. The van der Waals surface area contributed by atoms with Crippen molar-refractivity contribution in [3.8, 4) is 5.75 Å². The number of hydrogen-bond donors (Lipinski definition) is 2. The predicted molar refractivity (Wildman–Crippen MR) is 86.2 cm³/mol. The van der Waals surface area contributed by atoms with Crippen LogP contribution in [0.3, 0.4) is 0 Å². The summed E-state index contributed by atoms with van der Waals surface area (Å²) in [5.74, 6) is 2.16. The molecular formula is C17H19N3O. The van der Waals surface area contributed by atoms with Gasteiger partial charge in [0.25, 0.3) is 0 Å². The van der Waals surface area contributed by atoms with Gasteiger partial charge in [-0.1, -0.05) is 26.0 Å². The van der Waals surface area contributed by atoms with Crippen LogP contribution in [-0.4, -0.2) is 16.6 Å². The molecule has 0 fully saturated rings. The molecule has 1 aromatic heterocycles. The number of ether oxygens (including phenoxy) is 1. The lowest BCUT2D eigenvalue weighted by Gasteiger charge is -2.09. The number of H-pyrrole nitrogens is 1. The van der Waals surface area contributed by atoms with E-state index in [-0.39, 0.29) is 0 Å². The fraction of sp³-hybridized carbons (Fsp3) is 0.235. The van der Waals surface area contributed by atoms with E-state index in [1.54, 1.807) is 0 Å². The number of para-hydroxylation sites is 2. The Kier molecular flexibility index (Phi) is 3.77. The molecule has 0 bridgehead atoms. The molecule has 0 unspecified atom stereocenters. The molecule has 1 heterocycles. The third-order valence-electron chi connectivity index (χ3n) is 3.09. The molecule has 0 aliphatic rings. The zero-order valence-corrected chi connectivity index (χ0v) is 12.3. The number of aromatic nitrogens is 2. The van der Waals surface area contributed by atoms with E-state index in [4.69, 9.17) is 4.74 Å². The standard InChI is InChI=1S/C17H19N3O/c1-12(2)11-21-14-9-7-13(8-10-14)18-17-19-15-5-3-4-6-16(15)20-17/h3-10,12H,11H2,1-2H3,(H2,18,19,20).